The maximum absolute atomic E-state index is 11.2. The van der Waals surface area contributed by atoms with Crippen molar-refractivity contribution in [1.82, 2.24) is 0 Å². The maximum atomic E-state index is 11.2. The molecule has 0 N–H and O–H groups in total. The monoisotopic (exact) mass is 266 g/mol. The molecule has 0 saturated carbocycles. The van der Waals surface area contributed by atoms with Crippen molar-refractivity contribution >= 4 is 46.2 Å². The number of fused-ring (bicyclic) bond motifs is 1. The first-order chi connectivity index (χ1) is 6.79. The molecule has 1 unspecified atom stereocenters. The Hall–Kier alpha value is 0.510. The van der Waals surface area contributed by atoms with Gasteiger partial charge in [0.15, 0.2) is 0 Å². The van der Waals surface area contributed by atoms with Crippen molar-refractivity contribution in [2.24, 2.45) is 0 Å². The predicted octanol–water partition coefficient (Wildman–Crippen LogP) is 2.77. The van der Waals surface area contributed by atoms with Gasteiger partial charge in [-0.2, -0.15) is 0 Å². The van der Waals surface area contributed by atoms with Crippen LogP contribution in [0.4, 0.5) is 0 Å². The lowest BCUT2D eigenvalue weighted by Gasteiger charge is -2.19. The van der Waals surface area contributed by atoms with E-state index in [9.17, 15) is 4.79 Å². The van der Waals surface area contributed by atoms with E-state index in [0.29, 0.717) is 5.25 Å². The molecule has 0 aliphatic carbocycles. The van der Waals surface area contributed by atoms with Crippen LogP contribution in [-0.2, 0) is 4.74 Å². The van der Waals surface area contributed by atoms with Gasteiger partial charge in [0.1, 0.15) is 0 Å². The highest BCUT2D eigenvalue weighted by molar-refractivity contribution is 8.08. The van der Waals surface area contributed by atoms with Gasteiger partial charge in [0, 0.05) is 17.6 Å². The Morgan fingerprint density at radius 2 is 2.21 bits per heavy atom. The molecule has 0 radical (unpaired) electrons. The molecule has 0 saturated heterocycles. The molecule has 14 heavy (non-hydrogen) atoms. The fourth-order valence-corrected chi connectivity index (χ4v) is 6.78. The van der Waals surface area contributed by atoms with E-state index >= 15 is 0 Å². The van der Waals surface area contributed by atoms with Crippen LogP contribution >= 0.6 is 46.2 Å². The van der Waals surface area contributed by atoms with Crippen LogP contribution in [0.1, 0.15) is 6.92 Å². The van der Waals surface area contributed by atoms with Crippen molar-refractivity contribution in [3.8, 4) is 0 Å². The number of rotatable bonds is 3. The summed E-state index contributed by atoms with van der Waals surface area (Å²) >= 11 is 6.35. The molecule has 0 aromatic carbocycles. The van der Waals surface area contributed by atoms with Crippen LogP contribution in [0.3, 0.4) is 0 Å². The van der Waals surface area contributed by atoms with Crippen LogP contribution in [0.5, 0.6) is 0 Å². The SMILES string of the molecule is CCOCC1CSc2sc(=O)sc2S1. The Balaban J connectivity index is 2.02. The van der Waals surface area contributed by atoms with Crippen molar-refractivity contribution < 1.29 is 4.74 Å². The van der Waals surface area contributed by atoms with E-state index in [1.165, 1.54) is 31.1 Å². The summed E-state index contributed by atoms with van der Waals surface area (Å²) in [5, 5.41) is 0.512. The molecule has 6 heteroatoms. The molecule has 2 rings (SSSR count). The van der Waals surface area contributed by atoms with Gasteiger partial charge in [0.25, 0.3) is 4.06 Å². The van der Waals surface area contributed by atoms with Gasteiger partial charge in [-0.15, -0.1) is 23.5 Å². The third-order valence-corrected chi connectivity index (χ3v) is 7.27. The second-order valence-corrected chi connectivity index (χ2v) is 7.82. The van der Waals surface area contributed by atoms with Gasteiger partial charge in [0.2, 0.25) is 0 Å². The van der Waals surface area contributed by atoms with Crippen molar-refractivity contribution in [3.63, 3.8) is 0 Å². The highest BCUT2D eigenvalue weighted by Gasteiger charge is 2.22. The third kappa shape index (κ3) is 2.55. The van der Waals surface area contributed by atoms with E-state index in [0.717, 1.165) is 19.0 Å². The van der Waals surface area contributed by atoms with Gasteiger partial charge in [-0.05, 0) is 6.92 Å². The van der Waals surface area contributed by atoms with E-state index in [2.05, 4.69) is 0 Å². The zero-order valence-electron chi connectivity index (χ0n) is 7.65. The standard InChI is InChI=1S/C8H10O2S4/c1-2-10-3-5-4-11-6-7(12-5)14-8(9)13-6/h5H,2-4H2,1H3. The predicted molar refractivity (Wildman–Crippen MR) is 65.3 cm³/mol. The fourth-order valence-electron chi connectivity index (χ4n) is 1.10. The zero-order chi connectivity index (χ0) is 9.97. The Morgan fingerprint density at radius 1 is 1.43 bits per heavy atom. The number of hydrogen-bond donors (Lipinski definition) is 0. The highest BCUT2D eigenvalue weighted by atomic mass is 32.2. The first-order valence-corrected chi connectivity index (χ1v) is 7.80. The van der Waals surface area contributed by atoms with E-state index in [1.807, 2.05) is 6.92 Å². The van der Waals surface area contributed by atoms with Crippen LogP contribution in [-0.4, -0.2) is 24.2 Å². The summed E-state index contributed by atoms with van der Waals surface area (Å²) < 4.78 is 8.01. The van der Waals surface area contributed by atoms with Crippen LogP contribution in [0.2, 0.25) is 0 Å². The first kappa shape index (κ1) is 11.0. The summed E-state index contributed by atoms with van der Waals surface area (Å²) in [6.45, 7) is 3.58. The smallest absolute Gasteiger partial charge is 0.289 e. The first-order valence-electron chi connectivity index (χ1n) is 4.30. The largest absolute Gasteiger partial charge is 0.381 e. The lowest BCUT2D eigenvalue weighted by atomic mass is 10.5. The van der Waals surface area contributed by atoms with E-state index in [1.54, 1.807) is 23.5 Å². The molecule has 0 spiro atoms. The quantitative estimate of drug-likeness (QED) is 0.840. The molecule has 0 fully saturated rings. The van der Waals surface area contributed by atoms with Gasteiger partial charge in [0.05, 0.1) is 15.0 Å². The topological polar surface area (TPSA) is 26.3 Å². The fraction of sp³-hybridized carbons (Fsp3) is 0.625. The third-order valence-electron chi connectivity index (χ3n) is 1.70. The minimum absolute atomic E-state index is 0.215. The van der Waals surface area contributed by atoms with Crippen molar-refractivity contribution in [2.45, 2.75) is 20.6 Å². The number of ether oxygens (including phenoxy) is 1. The molecule has 2 nitrogen and oxygen atoms in total. The summed E-state index contributed by atoms with van der Waals surface area (Å²) in [6.07, 6.45) is 0. The summed E-state index contributed by atoms with van der Waals surface area (Å²) in [7, 11) is 0. The second-order valence-electron chi connectivity index (χ2n) is 2.74. The Kier molecular flexibility index (Phi) is 3.95. The van der Waals surface area contributed by atoms with Crippen molar-refractivity contribution in [3.05, 3.63) is 8.85 Å². The van der Waals surface area contributed by atoms with Gasteiger partial charge in [-0.3, -0.25) is 4.79 Å². The number of thioether (sulfide) groups is 2. The Morgan fingerprint density at radius 3 is 3.00 bits per heavy atom. The molecular formula is C8H10O2S4. The van der Waals surface area contributed by atoms with E-state index < -0.39 is 0 Å². The molecule has 1 aliphatic heterocycles. The minimum atomic E-state index is 0.215. The average molecular weight is 266 g/mol. The summed E-state index contributed by atoms with van der Waals surface area (Å²) in [6, 6.07) is 0. The Bertz CT molecular complexity index is 356. The highest BCUT2D eigenvalue weighted by Crippen LogP contribution is 2.44. The van der Waals surface area contributed by atoms with Crippen molar-refractivity contribution in [2.75, 3.05) is 19.0 Å². The molecule has 0 amide bonds. The zero-order valence-corrected chi connectivity index (χ0v) is 10.9. The van der Waals surface area contributed by atoms with Gasteiger partial charge < -0.3 is 4.74 Å². The molecule has 1 aliphatic rings. The molecule has 78 valence electrons. The lowest BCUT2D eigenvalue weighted by Crippen LogP contribution is -2.16. The van der Waals surface area contributed by atoms with Crippen LogP contribution in [0, 0.1) is 0 Å². The maximum Gasteiger partial charge on any atom is 0.289 e. The number of hydrogen-bond acceptors (Lipinski definition) is 6. The summed E-state index contributed by atoms with van der Waals surface area (Å²) in [5.41, 5.74) is 0. The van der Waals surface area contributed by atoms with Crippen molar-refractivity contribution in [1.29, 1.82) is 0 Å². The molecule has 2 heterocycles. The molecule has 0 bridgehead atoms. The molecular weight excluding hydrogens is 256 g/mol. The average Bonchev–Trinajstić information content (AvgIpc) is 2.54. The van der Waals surface area contributed by atoms with Crippen LogP contribution in [0.25, 0.3) is 0 Å². The molecule has 1 aromatic heterocycles. The van der Waals surface area contributed by atoms with E-state index in [-0.39, 0.29) is 4.06 Å². The Labute approximate surface area is 99.1 Å². The summed E-state index contributed by atoms with van der Waals surface area (Å²) in [5.74, 6) is 1.06. The van der Waals surface area contributed by atoms with Crippen LogP contribution < -0.4 is 4.06 Å². The van der Waals surface area contributed by atoms with Gasteiger partial charge in [-0.25, -0.2) is 0 Å². The van der Waals surface area contributed by atoms with Gasteiger partial charge in [-0.1, -0.05) is 22.7 Å². The van der Waals surface area contributed by atoms with Gasteiger partial charge >= 0.3 is 0 Å². The minimum Gasteiger partial charge on any atom is -0.381 e. The normalized spacial score (nSPS) is 20.8. The second kappa shape index (κ2) is 5.03. The lowest BCUT2D eigenvalue weighted by molar-refractivity contribution is 0.152. The van der Waals surface area contributed by atoms with E-state index in [4.69, 9.17) is 4.74 Å². The molecule has 1 atom stereocenters. The molecule has 1 aromatic rings. The van der Waals surface area contributed by atoms with Crippen LogP contribution in [0.15, 0.2) is 13.2 Å². The summed E-state index contributed by atoms with van der Waals surface area (Å²) in [4.78, 5) is 11.2.